The van der Waals surface area contributed by atoms with Gasteiger partial charge >= 0.3 is 0 Å². The molecular formula is C19H23FIN3. The molecule has 3 unspecified atom stereocenters. The fraction of sp³-hybridized carbons (Fsp3) is 0.474. The van der Waals surface area contributed by atoms with Crippen LogP contribution < -0.4 is 10.6 Å². The van der Waals surface area contributed by atoms with E-state index in [1.807, 2.05) is 0 Å². The third-order valence-corrected chi connectivity index (χ3v) is 7.26. The van der Waals surface area contributed by atoms with Gasteiger partial charge in [-0.1, -0.05) is 38.7 Å². The number of fused-ring (bicyclic) bond motifs is 1. The number of hydrogen-bond acceptors (Lipinski definition) is 3. The Morgan fingerprint density at radius 1 is 1.38 bits per heavy atom. The number of allylic oxidation sites excluding steroid dienone is 2. The topological polar surface area (TPSA) is 42.2 Å². The van der Waals surface area contributed by atoms with E-state index in [9.17, 15) is 4.39 Å². The minimum Gasteiger partial charge on any atom is -0.328 e. The van der Waals surface area contributed by atoms with Crippen LogP contribution in [0, 0.1) is 11.7 Å². The molecule has 0 bridgehead atoms. The SMILES string of the molecule is C=IC1=CN(C2CC2)c2nc(C3CC(C)C(N)C3)c(F)cc2C1=C. The Kier molecular flexibility index (Phi) is 4.11. The quantitative estimate of drug-likeness (QED) is 0.715. The van der Waals surface area contributed by atoms with Crippen molar-refractivity contribution < 1.29 is 4.39 Å². The maximum atomic E-state index is 14.8. The van der Waals surface area contributed by atoms with Crippen molar-refractivity contribution >= 4 is 36.6 Å². The lowest BCUT2D eigenvalue weighted by molar-refractivity contribution is 0.523. The summed E-state index contributed by atoms with van der Waals surface area (Å²) in [4.78, 5) is 7.05. The van der Waals surface area contributed by atoms with Gasteiger partial charge in [0.05, 0.1) is 5.69 Å². The van der Waals surface area contributed by atoms with E-state index >= 15 is 0 Å². The van der Waals surface area contributed by atoms with Gasteiger partial charge in [-0.05, 0) is 43.2 Å². The molecule has 0 aromatic carbocycles. The number of nitrogens with two attached hydrogens (primary N) is 1. The maximum absolute atomic E-state index is 14.8. The first-order valence-electron chi connectivity index (χ1n) is 8.53. The van der Waals surface area contributed by atoms with Gasteiger partial charge in [0.1, 0.15) is 11.6 Å². The third kappa shape index (κ3) is 2.65. The van der Waals surface area contributed by atoms with Gasteiger partial charge in [-0.25, -0.2) is 9.37 Å². The van der Waals surface area contributed by atoms with E-state index in [0.29, 0.717) is 17.7 Å². The van der Waals surface area contributed by atoms with Crippen LogP contribution in [-0.2, 0) is 0 Å². The molecular weight excluding hydrogens is 416 g/mol. The summed E-state index contributed by atoms with van der Waals surface area (Å²) in [5.74, 6) is 1.22. The molecule has 4 rings (SSSR count). The van der Waals surface area contributed by atoms with Crippen LogP contribution in [0.5, 0.6) is 0 Å². The van der Waals surface area contributed by atoms with Crippen molar-refractivity contribution in [3.05, 3.63) is 39.5 Å². The summed E-state index contributed by atoms with van der Waals surface area (Å²) in [6.07, 6.45) is 6.25. The number of anilines is 1. The van der Waals surface area contributed by atoms with Crippen LogP contribution in [0.15, 0.2) is 22.4 Å². The fourth-order valence-electron chi connectivity index (χ4n) is 3.84. The number of rotatable bonds is 3. The second kappa shape index (κ2) is 6.02. The normalized spacial score (nSPS) is 29.6. The Morgan fingerprint density at radius 2 is 2.12 bits per heavy atom. The summed E-state index contributed by atoms with van der Waals surface area (Å²) in [5.41, 5.74) is 8.49. The van der Waals surface area contributed by atoms with E-state index in [0.717, 1.165) is 29.8 Å². The summed E-state index contributed by atoms with van der Waals surface area (Å²) in [7, 11) is 0. The summed E-state index contributed by atoms with van der Waals surface area (Å²) < 4.78 is 20.1. The van der Waals surface area contributed by atoms with E-state index in [4.69, 9.17) is 10.7 Å². The lowest BCUT2D eigenvalue weighted by atomic mass is 9.98. The van der Waals surface area contributed by atoms with Crippen LogP contribution in [0.3, 0.4) is 0 Å². The molecule has 2 fully saturated rings. The Labute approximate surface area is 152 Å². The average Bonchev–Trinajstić information content (AvgIpc) is 3.34. The van der Waals surface area contributed by atoms with Gasteiger partial charge in [-0.2, -0.15) is 0 Å². The van der Waals surface area contributed by atoms with Crippen molar-refractivity contribution in [2.45, 2.75) is 50.6 Å². The summed E-state index contributed by atoms with van der Waals surface area (Å²) in [6, 6.07) is 2.29. The molecule has 2 saturated carbocycles. The van der Waals surface area contributed by atoms with E-state index < -0.39 is 0 Å². The molecule has 0 radical (unpaired) electrons. The number of aromatic nitrogens is 1. The Morgan fingerprint density at radius 3 is 2.71 bits per heavy atom. The Hall–Kier alpha value is -1.08. The number of hydrogen-bond donors (Lipinski definition) is 1. The highest BCUT2D eigenvalue weighted by molar-refractivity contribution is 14.2. The summed E-state index contributed by atoms with van der Waals surface area (Å²) >= 11 is -0.341. The van der Waals surface area contributed by atoms with Crippen LogP contribution in [0.2, 0.25) is 0 Å². The molecule has 24 heavy (non-hydrogen) atoms. The molecule has 5 heteroatoms. The van der Waals surface area contributed by atoms with Crippen molar-refractivity contribution in [2.75, 3.05) is 4.90 Å². The molecule has 1 aromatic rings. The van der Waals surface area contributed by atoms with Crippen LogP contribution in [0.1, 0.15) is 49.8 Å². The predicted octanol–water partition coefficient (Wildman–Crippen LogP) is 4.30. The molecule has 2 aliphatic carbocycles. The largest absolute Gasteiger partial charge is 0.328 e. The van der Waals surface area contributed by atoms with Crippen molar-refractivity contribution in [2.24, 2.45) is 11.7 Å². The molecule has 0 saturated heterocycles. The minimum atomic E-state index is -0.341. The molecule has 1 aromatic heterocycles. The zero-order valence-corrected chi connectivity index (χ0v) is 16.1. The highest BCUT2D eigenvalue weighted by Gasteiger charge is 2.37. The van der Waals surface area contributed by atoms with E-state index in [1.165, 1.54) is 16.4 Å². The standard InChI is InChI=1S/C19H23FIN3/c1-10-6-12(7-17(10)22)18-15(20)8-14-11(2)16(21-3)9-24(13-4-5-13)19(14)23-18/h8-10,12-13,17H,2-7,22H2,1H3. The fourth-order valence-corrected chi connectivity index (χ4v) is 5.09. The van der Waals surface area contributed by atoms with Crippen LogP contribution in [0.4, 0.5) is 10.2 Å². The average molecular weight is 439 g/mol. The molecule has 1 aliphatic heterocycles. The van der Waals surface area contributed by atoms with Gasteiger partial charge in [0.25, 0.3) is 0 Å². The number of halogens is 2. The maximum Gasteiger partial charge on any atom is 0.145 e. The lowest BCUT2D eigenvalue weighted by Gasteiger charge is -2.29. The van der Waals surface area contributed by atoms with Crippen LogP contribution >= 0.6 is 20.7 Å². The number of pyridine rings is 1. The van der Waals surface area contributed by atoms with Gasteiger partial charge in [-0.15, -0.1) is 0 Å². The van der Waals surface area contributed by atoms with E-state index in [-0.39, 0.29) is 38.5 Å². The van der Waals surface area contributed by atoms with Crippen molar-refractivity contribution in [1.29, 1.82) is 0 Å². The smallest absolute Gasteiger partial charge is 0.145 e. The molecule has 0 amide bonds. The second-order valence-corrected chi connectivity index (χ2v) is 9.19. The molecule has 0 spiro atoms. The first kappa shape index (κ1) is 16.4. The lowest BCUT2D eigenvalue weighted by Crippen LogP contribution is -2.25. The zero-order chi connectivity index (χ0) is 17.0. The Bertz CT molecular complexity index is 743. The highest BCUT2D eigenvalue weighted by Crippen LogP contribution is 2.46. The minimum absolute atomic E-state index is 0.125. The predicted molar refractivity (Wildman–Crippen MR) is 107 cm³/mol. The van der Waals surface area contributed by atoms with E-state index in [2.05, 4.69) is 29.1 Å². The van der Waals surface area contributed by atoms with Crippen LogP contribution in [-0.4, -0.2) is 21.6 Å². The van der Waals surface area contributed by atoms with E-state index in [1.54, 1.807) is 6.07 Å². The van der Waals surface area contributed by atoms with Crippen molar-refractivity contribution in [3.63, 3.8) is 0 Å². The first-order chi connectivity index (χ1) is 11.5. The molecule has 2 N–H and O–H groups in total. The first-order valence-corrected chi connectivity index (χ1v) is 11.1. The molecule has 3 aliphatic rings. The summed E-state index contributed by atoms with van der Waals surface area (Å²) in [6.45, 7) is 6.33. The Balaban J connectivity index is 1.79. The molecule has 2 heterocycles. The van der Waals surface area contributed by atoms with Crippen molar-refractivity contribution in [1.82, 2.24) is 4.98 Å². The van der Waals surface area contributed by atoms with Crippen LogP contribution in [0.25, 0.3) is 5.57 Å². The monoisotopic (exact) mass is 439 g/mol. The number of nitrogens with zero attached hydrogens (tertiary/aromatic N) is 2. The third-order valence-electron chi connectivity index (χ3n) is 5.51. The van der Waals surface area contributed by atoms with Gasteiger partial charge in [-0.3, -0.25) is 0 Å². The van der Waals surface area contributed by atoms with Crippen molar-refractivity contribution in [3.8, 4) is 0 Å². The van der Waals surface area contributed by atoms with Gasteiger partial charge in [0.2, 0.25) is 0 Å². The van der Waals surface area contributed by atoms with Gasteiger partial charge in [0, 0.05) is 33.3 Å². The second-order valence-electron chi connectivity index (χ2n) is 7.26. The van der Waals surface area contributed by atoms with Gasteiger partial charge < -0.3 is 10.6 Å². The summed E-state index contributed by atoms with van der Waals surface area (Å²) in [5, 5.41) is 0. The zero-order valence-electron chi connectivity index (χ0n) is 13.9. The molecule has 3 atom stereocenters. The molecule has 128 valence electrons. The highest BCUT2D eigenvalue weighted by atomic mass is 127. The van der Waals surface area contributed by atoms with Gasteiger partial charge in [0.15, 0.2) is 0 Å². The molecule has 3 nitrogen and oxygen atoms in total.